The Labute approximate surface area is 150 Å². The van der Waals surface area contributed by atoms with E-state index in [0.29, 0.717) is 6.54 Å². The van der Waals surface area contributed by atoms with Crippen LogP contribution in [-0.2, 0) is 5.60 Å². The predicted molar refractivity (Wildman–Crippen MR) is 103 cm³/mol. The second kappa shape index (κ2) is 9.39. The van der Waals surface area contributed by atoms with E-state index in [0.717, 1.165) is 37.1 Å². The van der Waals surface area contributed by atoms with E-state index in [2.05, 4.69) is 34.4 Å². The molecular formula is C18H32N4OS. The molecule has 0 radical (unpaired) electrons. The van der Waals surface area contributed by atoms with E-state index >= 15 is 0 Å². The molecule has 5 nitrogen and oxygen atoms in total. The van der Waals surface area contributed by atoms with Gasteiger partial charge in [0.05, 0.1) is 6.54 Å². The van der Waals surface area contributed by atoms with Gasteiger partial charge in [0.1, 0.15) is 5.60 Å². The Balaban J connectivity index is 1.82. The molecule has 2 unspecified atom stereocenters. The Bertz CT molecular complexity index is 501. The second-order valence-electron chi connectivity index (χ2n) is 6.96. The minimum atomic E-state index is -0.926. The number of guanidine groups is 1. The molecule has 2 atom stereocenters. The topological polar surface area (TPSA) is 59.9 Å². The summed E-state index contributed by atoms with van der Waals surface area (Å²) >= 11 is 1.60. The molecule has 1 saturated heterocycles. The maximum atomic E-state index is 10.6. The molecule has 0 spiro atoms. The number of piperidine rings is 1. The molecule has 1 aromatic heterocycles. The average molecular weight is 353 g/mol. The highest BCUT2D eigenvalue weighted by molar-refractivity contribution is 7.08. The van der Waals surface area contributed by atoms with Crippen LogP contribution in [0.5, 0.6) is 0 Å². The summed E-state index contributed by atoms with van der Waals surface area (Å²) < 4.78 is 0. The monoisotopic (exact) mass is 352 g/mol. The van der Waals surface area contributed by atoms with Crippen molar-refractivity contribution in [2.24, 2.45) is 10.9 Å². The lowest BCUT2D eigenvalue weighted by atomic mass is 10.00. The van der Waals surface area contributed by atoms with Crippen molar-refractivity contribution in [3.8, 4) is 0 Å². The lowest BCUT2D eigenvalue weighted by Crippen LogP contribution is -2.44. The lowest BCUT2D eigenvalue weighted by molar-refractivity contribution is 0.0677. The van der Waals surface area contributed by atoms with Crippen molar-refractivity contribution in [1.82, 2.24) is 15.5 Å². The van der Waals surface area contributed by atoms with Gasteiger partial charge in [0.2, 0.25) is 0 Å². The molecule has 1 fully saturated rings. The van der Waals surface area contributed by atoms with Crippen LogP contribution in [0.15, 0.2) is 21.8 Å². The van der Waals surface area contributed by atoms with Gasteiger partial charge in [-0.15, -0.1) is 0 Å². The summed E-state index contributed by atoms with van der Waals surface area (Å²) in [6, 6.07) is 1.96. The first-order valence-electron chi connectivity index (χ1n) is 9.01. The Morgan fingerprint density at radius 2 is 2.33 bits per heavy atom. The maximum absolute atomic E-state index is 10.6. The summed E-state index contributed by atoms with van der Waals surface area (Å²) in [5.41, 5.74) is -0.000566. The van der Waals surface area contributed by atoms with E-state index in [9.17, 15) is 5.11 Å². The van der Waals surface area contributed by atoms with Crippen molar-refractivity contribution in [3.63, 3.8) is 0 Å². The van der Waals surface area contributed by atoms with E-state index in [1.54, 1.807) is 11.3 Å². The number of thiophene rings is 1. The first-order chi connectivity index (χ1) is 11.5. The number of nitrogens with one attached hydrogen (secondary N) is 2. The molecule has 0 saturated carbocycles. The third-order valence-electron chi connectivity index (χ3n) is 4.49. The first-order valence-corrected chi connectivity index (χ1v) is 9.95. The Kier molecular flexibility index (Phi) is 7.52. The van der Waals surface area contributed by atoms with Crippen LogP contribution in [-0.4, -0.2) is 55.2 Å². The molecule has 0 bridgehead atoms. The summed E-state index contributed by atoms with van der Waals surface area (Å²) in [5, 5.41) is 21.2. The Morgan fingerprint density at radius 1 is 1.50 bits per heavy atom. The van der Waals surface area contributed by atoms with Gasteiger partial charge in [-0.2, -0.15) is 11.3 Å². The first kappa shape index (κ1) is 19.2. The van der Waals surface area contributed by atoms with E-state index in [-0.39, 0.29) is 0 Å². The van der Waals surface area contributed by atoms with Crippen LogP contribution in [0, 0.1) is 5.92 Å². The van der Waals surface area contributed by atoms with Crippen molar-refractivity contribution < 1.29 is 5.11 Å². The van der Waals surface area contributed by atoms with E-state index in [1.165, 1.54) is 25.9 Å². The zero-order valence-corrected chi connectivity index (χ0v) is 16.0. The van der Waals surface area contributed by atoms with E-state index < -0.39 is 5.60 Å². The standard InChI is InChI=1S/C18H32N4OS/c1-4-19-17(20-8-10-22-9-5-6-15(2)12-22)21-14-18(3,23)16-7-11-24-13-16/h7,11,13,15,23H,4-6,8-10,12,14H2,1-3H3,(H2,19,20,21). The fourth-order valence-electron chi connectivity index (χ4n) is 3.06. The van der Waals surface area contributed by atoms with Crippen LogP contribution in [0.3, 0.4) is 0 Å². The smallest absolute Gasteiger partial charge is 0.191 e. The molecule has 3 N–H and O–H groups in total. The van der Waals surface area contributed by atoms with Gasteiger partial charge < -0.3 is 20.6 Å². The summed E-state index contributed by atoms with van der Waals surface area (Å²) in [6.07, 6.45) is 2.66. The lowest BCUT2D eigenvalue weighted by Gasteiger charge is -2.31. The third-order valence-corrected chi connectivity index (χ3v) is 5.18. The number of hydrogen-bond donors (Lipinski definition) is 3. The maximum Gasteiger partial charge on any atom is 0.191 e. The molecule has 6 heteroatoms. The van der Waals surface area contributed by atoms with Crippen LogP contribution in [0.1, 0.15) is 39.2 Å². The Hall–Kier alpha value is -1.11. The number of aliphatic imine (C=N–C) groups is 1. The molecule has 0 aliphatic carbocycles. The van der Waals surface area contributed by atoms with Gasteiger partial charge in [-0.25, -0.2) is 4.99 Å². The fourth-order valence-corrected chi connectivity index (χ4v) is 3.84. The molecule has 136 valence electrons. The average Bonchev–Trinajstić information content (AvgIpc) is 3.08. The molecule has 1 aliphatic rings. The van der Waals surface area contributed by atoms with Gasteiger partial charge in [-0.1, -0.05) is 6.92 Å². The predicted octanol–water partition coefficient (Wildman–Crippen LogP) is 2.24. The number of rotatable bonds is 7. The number of nitrogens with zero attached hydrogens (tertiary/aromatic N) is 2. The highest BCUT2D eigenvalue weighted by Gasteiger charge is 2.23. The van der Waals surface area contributed by atoms with Gasteiger partial charge in [0.25, 0.3) is 0 Å². The highest BCUT2D eigenvalue weighted by atomic mass is 32.1. The molecule has 24 heavy (non-hydrogen) atoms. The van der Waals surface area contributed by atoms with E-state index in [1.807, 2.05) is 23.8 Å². The molecule has 0 aromatic carbocycles. The summed E-state index contributed by atoms with van der Waals surface area (Å²) in [5.74, 6) is 1.58. The molecular weight excluding hydrogens is 320 g/mol. The van der Waals surface area contributed by atoms with Gasteiger partial charge in [0.15, 0.2) is 5.96 Å². The van der Waals surface area contributed by atoms with Crippen LogP contribution < -0.4 is 10.6 Å². The van der Waals surface area contributed by atoms with Crippen molar-refractivity contribution in [1.29, 1.82) is 0 Å². The zero-order valence-electron chi connectivity index (χ0n) is 15.2. The van der Waals surface area contributed by atoms with Gasteiger partial charge >= 0.3 is 0 Å². The van der Waals surface area contributed by atoms with Crippen LogP contribution in [0.4, 0.5) is 0 Å². The molecule has 1 aromatic rings. The molecule has 0 amide bonds. The largest absolute Gasteiger partial charge is 0.383 e. The molecule has 2 rings (SSSR count). The van der Waals surface area contributed by atoms with Gasteiger partial charge in [-0.05, 0) is 61.5 Å². The number of likely N-dealkylation sites (tertiary alicyclic amines) is 1. The number of aliphatic hydroxyl groups is 1. The fraction of sp³-hybridized carbons (Fsp3) is 0.722. The van der Waals surface area contributed by atoms with Crippen molar-refractivity contribution >= 4 is 17.3 Å². The SMILES string of the molecule is CCNC(=NCC(C)(O)c1ccsc1)NCCN1CCCC(C)C1. The second-order valence-corrected chi connectivity index (χ2v) is 7.74. The molecule has 1 aliphatic heterocycles. The third kappa shape index (κ3) is 6.07. The quantitative estimate of drug-likeness (QED) is 0.520. The van der Waals surface area contributed by atoms with Crippen LogP contribution >= 0.6 is 11.3 Å². The number of hydrogen-bond acceptors (Lipinski definition) is 4. The van der Waals surface area contributed by atoms with Crippen LogP contribution in [0.2, 0.25) is 0 Å². The zero-order chi connectivity index (χ0) is 17.4. The summed E-state index contributed by atoms with van der Waals surface area (Å²) in [6.45, 7) is 11.7. The van der Waals surface area contributed by atoms with Crippen molar-refractivity contribution in [2.45, 2.75) is 39.2 Å². The normalized spacial score (nSPS) is 22.2. The Morgan fingerprint density at radius 3 is 3.00 bits per heavy atom. The van der Waals surface area contributed by atoms with Crippen LogP contribution in [0.25, 0.3) is 0 Å². The van der Waals surface area contributed by atoms with Gasteiger partial charge in [0, 0.05) is 26.2 Å². The highest BCUT2D eigenvalue weighted by Crippen LogP contribution is 2.23. The molecule has 2 heterocycles. The van der Waals surface area contributed by atoms with E-state index in [4.69, 9.17) is 0 Å². The minimum Gasteiger partial charge on any atom is -0.383 e. The summed E-state index contributed by atoms with van der Waals surface area (Å²) in [7, 11) is 0. The summed E-state index contributed by atoms with van der Waals surface area (Å²) in [4.78, 5) is 7.09. The van der Waals surface area contributed by atoms with Crippen molar-refractivity contribution in [2.75, 3.05) is 39.3 Å². The van der Waals surface area contributed by atoms with Crippen molar-refractivity contribution in [3.05, 3.63) is 22.4 Å². The van der Waals surface area contributed by atoms with Gasteiger partial charge in [-0.3, -0.25) is 0 Å². The minimum absolute atomic E-state index is 0.347.